The average Bonchev–Trinajstić information content (AvgIpc) is 2.66. The minimum atomic E-state index is -0.563. The van der Waals surface area contributed by atoms with E-state index in [0.717, 1.165) is 0 Å². The number of ether oxygens (including phenoxy) is 2. The smallest absolute Gasteiger partial charge is 0.343 e. The molecule has 0 unspecified atom stereocenters. The van der Waals surface area contributed by atoms with Gasteiger partial charge in [0.2, 0.25) is 0 Å². The number of carbonyl (C=O) groups excluding carboxylic acids is 2. The third kappa shape index (κ3) is 5.36. The van der Waals surface area contributed by atoms with Gasteiger partial charge in [-0.2, -0.15) is 5.26 Å². The Morgan fingerprint density at radius 3 is 2.50 bits per heavy atom. The highest BCUT2D eigenvalue weighted by Gasteiger charge is 2.11. The number of halogens is 1. The zero-order chi connectivity index (χ0) is 18.9. The van der Waals surface area contributed by atoms with Gasteiger partial charge in [0.1, 0.15) is 17.4 Å². The number of hydrogen-bond donors (Lipinski definition) is 1. The summed E-state index contributed by atoms with van der Waals surface area (Å²) in [5, 5.41) is 12.2. The van der Waals surface area contributed by atoms with Gasteiger partial charge in [0.25, 0.3) is 5.91 Å². The number of rotatable bonds is 6. The van der Waals surface area contributed by atoms with E-state index in [-0.39, 0.29) is 12.2 Å². The molecule has 2 aromatic carbocycles. The fourth-order valence-electron chi connectivity index (χ4n) is 1.93. The molecule has 0 aliphatic rings. The first-order valence-electron chi connectivity index (χ1n) is 7.51. The molecule has 0 radical (unpaired) electrons. The van der Waals surface area contributed by atoms with E-state index in [1.54, 1.807) is 48.5 Å². The fourth-order valence-corrected chi connectivity index (χ4v) is 2.11. The van der Waals surface area contributed by atoms with Gasteiger partial charge in [0.05, 0.1) is 17.8 Å². The summed E-state index contributed by atoms with van der Waals surface area (Å²) in [5.41, 5.74) is 0.973. The lowest BCUT2D eigenvalue weighted by molar-refractivity contribution is -0.142. The predicted molar refractivity (Wildman–Crippen MR) is 97.6 cm³/mol. The third-order valence-corrected chi connectivity index (χ3v) is 3.59. The second-order valence-corrected chi connectivity index (χ2v) is 5.44. The summed E-state index contributed by atoms with van der Waals surface area (Å²) in [4.78, 5) is 23.3. The molecular weight excluding hydrogens is 356 g/mol. The van der Waals surface area contributed by atoms with Crippen LogP contribution in [0.25, 0.3) is 6.08 Å². The quantitative estimate of drug-likeness (QED) is 0.478. The van der Waals surface area contributed by atoms with Crippen LogP contribution >= 0.6 is 11.6 Å². The van der Waals surface area contributed by atoms with Gasteiger partial charge in [0.15, 0.2) is 6.61 Å². The zero-order valence-corrected chi connectivity index (χ0v) is 14.6. The van der Waals surface area contributed by atoms with E-state index in [9.17, 15) is 14.9 Å². The lowest BCUT2D eigenvalue weighted by Crippen LogP contribution is -2.13. The van der Waals surface area contributed by atoms with E-state index in [4.69, 9.17) is 16.3 Å². The minimum Gasteiger partial charge on any atom is -0.482 e. The molecule has 1 amide bonds. The molecule has 0 atom stereocenters. The highest BCUT2D eigenvalue weighted by atomic mass is 35.5. The van der Waals surface area contributed by atoms with E-state index < -0.39 is 11.9 Å². The molecule has 2 rings (SSSR count). The molecule has 26 heavy (non-hydrogen) atoms. The van der Waals surface area contributed by atoms with Crippen molar-refractivity contribution < 1.29 is 19.1 Å². The standard InChI is InChI=1S/C19H15ClN2O4/c1-25-18(23)12-26-15-8-6-13(7-9-15)10-14(11-21)19(24)22-17-5-3-2-4-16(17)20/h2-10H,12H2,1H3,(H,22,24)/b14-10+. The number of nitriles is 1. The Balaban J connectivity index is 2.08. The molecule has 6 nitrogen and oxygen atoms in total. The normalized spacial score (nSPS) is 10.6. The minimum absolute atomic E-state index is 0.0758. The topological polar surface area (TPSA) is 88.4 Å². The first-order chi connectivity index (χ1) is 12.5. The summed E-state index contributed by atoms with van der Waals surface area (Å²) < 4.78 is 9.71. The summed E-state index contributed by atoms with van der Waals surface area (Å²) in [5.74, 6) is -0.588. The molecule has 0 saturated heterocycles. The summed E-state index contributed by atoms with van der Waals surface area (Å²) in [7, 11) is 1.27. The summed E-state index contributed by atoms with van der Waals surface area (Å²) >= 11 is 5.99. The number of carbonyl (C=O) groups is 2. The molecule has 2 aromatic rings. The Kier molecular flexibility index (Phi) is 6.77. The lowest BCUT2D eigenvalue weighted by atomic mass is 10.1. The van der Waals surface area contributed by atoms with Gasteiger partial charge in [0, 0.05) is 0 Å². The number of amides is 1. The van der Waals surface area contributed by atoms with Crippen LogP contribution in [0, 0.1) is 11.3 Å². The maximum atomic E-state index is 12.2. The van der Waals surface area contributed by atoms with Crippen molar-refractivity contribution in [1.29, 1.82) is 5.26 Å². The van der Waals surface area contributed by atoms with Crippen molar-refractivity contribution in [1.82, 2.24) is 0 Å². The molecule has 0 aliphatic carbocycles. The SMILES string of the molecule is COC(=O)COc1ccc(/C=C(\C#N)C(=O)Nc2ccccc2Cl)cc1. The van der Waals surface area contributed by atoms with Crippen molar-refractivity contribution in [3.05, 3.63) is 64.7 Å². The van der Waals surface area contributed by atoms with Gasteiger partial charge in [-0.25, -0.2) is 4.79 Å². The zero-order valence-electron chi connectivity index (χ0n) is 13.9. The average molecular weight is 371 g/mol. The van der Waals surface area contributed by atoms with Gasteiger partial charge in [-0.15, -0.1) is 0 Å². The van der Waals surface area contributed by atoms with Gasteiger partial charge in [-0.05, 0) is 35.9 Å². The van der Waals surface area contributed by atoms with Crippen LogP contribution < -0.4 is 10.1 Å². The van der Waals surface area contributed by atoms with E-state index >= 15 is 0 Å². The number of anilines is 1. The van der Waals surface area contributed by atoms with Crippen molar-refractivity contribution in [2.75, 3.05) is 19.0 Å². The highest BCUT2D eigenvalue weighted by Crippen LogP contribution is 2.21. The Bertz CT molecular complexity index is 870. The van der Waals surface area contributed by atoms with E-state index in [2.05, 4.69) is 10.1 Å². The summed E-state index contributed by atoms with van der Waals surface area (Å²) in [6.07, 6.45) is 1.44. The first kappa shape index (κ1) is 19.0. The molecule has 1 N–H and O–H groups in total. The van der Waals surface area contributed by atoms with Gasteiger partial charge >= 0.3 is 5.97 Å². The Morgan fingerprint density at radius 2 is 1.88 bits per heavy atom. The van der Waals surface area contributed by atoms with Crippen LogP contribution in [0.5, 0.6) is 5.75 Å². The number of esters is 1. The maximum absolute atomic E-state index is 12.2. The first-order valence-corrected chi connectivity index (χ1v) is 7.88. The van der Waals surface area contributed by atoms with Crippen LogP contribution in [-0.4, -0.2) is 25.6 Å². The second kappa shape index (κ2) is 9.25. The van der Waals surface area contributed by atoms with Crippen LogP contribution in [0.1, 0.15) is 5.56 Å². The summed E-state index contributed by atoms with van der Waals surface area (Å²) in [6.45, 7) is -0.199. The van der Waals surface area contributed by atoms with Crippen LogP contribution in [0.4, 0.5) is 5.69 Å². The molecule has 0 bridgehead atoms. The van der Waals surface area contributed by atoms with Gasteiger partial charge in [-0.1, -0.05) is 35.9 Å². The van der Waals surface area contributed by atoms with Crippen molar-refractivity contribution in [2.45, 2.75) is 0 Å². The lowest BCUT2D eigenvalue weighted by Gasteiger charge is -2.07. The number of para-hydroxylation sites is 1. The monoisotopic (exact) mass is 370 g/mol. The molecule has 0 heterocycles. The van der Waals surface area contributed by atoms with Crippen LogP contribution in [0.3, 0.4) is 0 Å². The summed E-state index contributed by atoms with van der Waals surface area (Å²) in [6, 6.07) is 15.2. The highest BCUT2D eigenvalue weighted by molar-refractivity contribution is 6.34. The number of benzene rings is 2. The molecule has 0 saturated carbocycles. The van der Waals surface area contributed by atoms with Crippen LogP contribution in [-0.2, 0) is 14.3 Å². The van der Waals surface area contributed by atoms with Crippen molar-refractivity contribution >= 4 is 35.2 Å². The van der Waals surface area contributed by atoms with E-state index in [1.165, 1.54) is 13.2 Å². The second-order valence-electron chi connectivity index (χ2n) is 5.04. The largest absolute Gasteiger partial charge is 0.482 e. The molecule has 0 spiro atoms. The van der Waals surface area contributed by atoms with E-state index in [0.29, 0.717) is 22.0 Å². The molecular formula is C19H15ClN2O4. The maximum Gasteiger partial charge on any atom is 0.343 e. The van der Waals surface area contributed by atoms with Crippen molar-refractivity contribution in [2.24, 2.45) is 0 Å². The van der Waals surface area contributed by atoms with Crippen LogP contribution in [0.2, 0.25) is 5.02 Å². The van der Waals surface area contributed by atoms with E-state index in [1.807, 2.05) is 6.07 Å². The van der Waals surface area contributed by atoms with Crippen molar-refractivity contribution in [3.8, 4) is 11.8 Å². The number of hydrogen-bond acceptors (Lipinski definition) is 5. The van der Waals surface area contributed by atoms with Gasteiger partial charge in [-0.3, -0.25) is 4.79 Å². The fraction of sp³-hybridized carbons (Fsp3) is 0.105. The number of nitrogens with zero attached hydrogens (tertiary/aromatic N) is 1. The Morgan fingerprint density at radius 1 is 1.19 bits per heavy atom. The third-order valence-electron chi connectivity index (χ3n) is 3.26. The molecule has 0 aliphatic heterocycles. The molecule has 132 valence electrons. The molecule has 0 fully saturated rings. The van der Waals surface area contributed by atoms with Gasteiger partial charge < -0.3 is 14.8 Å². The number of nitrogens with one attached hydrogen (secondary N) is 1. The number of methoxy groups -OCH3 is 1. The molecule has 7 heteroatoms. The Labute approximate surface area is 155 Å². The van der Waals surface area contributed by atoms with Crippen LogP contribution in [0.15, 0.2) is 54.1 Å². The molecule has 0 aromatic heterocycles. The Hall–Kier alpha value is -3.30. The van der Waals surface area contributed by atoms with Crippen molar-refractivity contribution in [3.63, 3.8) is 0 Å². The predicted octanol–water partition coefficient (Wildman–Crippen LogP) is 3.44.